The Labute approximate surface area is 120 Å². The van der Waals surface area contributed by atoms with E-state index in [1.54, 1.807) is 18.2 Å². The summed E-state index contributed by atoms with van der Waals surface area (Å²) in [6, 6.07) is 14.3. The number of rotatable bonds is 3. The first-order valence-electron chi connectivity index (χ1n) is 6.25. The summed E-state index contributed by atoms with van der Waals surface area (Å²) < 4.78 is 0. The molecule has 1 heterocycles. The summed E-state index contributed by atoms with van der Waals surface area (Å²) in [7, 11) is 0. The molecule has 2 aromatic carbocycles. The number of benzene rings is 2. The number of nitrogens with two attached hydrogens (primary N) is 1. The number of carbonyl (C=O) groups excluding carboxylic acids is 1. The van der Waals surface area contributed by atoms with Crippen LogP contribution in [0.5, 0.6) is 5.75 Å². The van der Waals surface area contributed by atoms with Crippen molar-refractivity contribution in [1.82, 2.24) is 15.4 Å². The van der Waals surface area contributed by atoms with Gasteiger partial charge >= 0.3 is 0 Å². The monoisotopic (exact) mass is 280 g/mol. The molecule has 0 saturated carbocycles. The molecule has 21 heavy (non-hydrogen) atoms. The number of H-pyrrole nitrogens is 1. The summed E-state index contributed by atoms with van der Waals surface area (Å²) in [5, 5.41) is 19.7. The van der Waals surface area contributed by atoms with Crippen molar-refractivity contribution >= 4 is 5.91 Å². The minimum atomic E-state index is -0.637. The molecule has 3 rings (SSSR count). The van der Waals surface area contributed by atoms with Gasteiger partial charge in [-0.25, -0.2) is 0 Å². The van der Waals surface area contributed by atoms with Gasteiger partial charge in [-0.3, -0.25) is 4.79 Å². The maximum atomic E-state index is 11.3. The highest BCUT2D eigenvalue weighted by molar-refractivity contribution is 5.96. The Morgan fingerprint density at radius 2 is 1.67 bits per heavy atom. The second kappa shape index (κ2) is 5.09. The van der Waals surface area contributed by atoms with Crippen molar-refractivity contribution in [1.29, 1.82) is 0 Å². The molecular formula is C15H12N4O2. The van der Waals surface area contributed by atoms with Crippen molar-refractivity contribution in [3.05, 3.63) is 54.2 Å². The van der Waals surface area contributed by atoms with Gasteiger partial charge in [0.15, 0.2) is 5.69 Å². The van der Waals surface area contributed by atoms with Crippen LogP contribution in [0.25, 0.3) is 22.4 Å². The summed E-state index contributed by atoms with van der Waals surface area (Å²) in [5.41, 5.74) is 8.25. The summed E-state index contributed by atoms with van der Waals surface area (Å²) in [4.78, 5) is 11.3. The first kappa shape index (κ1) is 12.9. The number of carbonyl (C=O) groups is 1. The fourth-order valence-corrected chi connectivity index (χ4v) is 2.14. The SMILES string of the molecule is NC(=O)c1n[nH]nc1-c1cccc(-c2cccc(O)c2)c1. The van der Waals surface area contributed by atoms with E-state index in [0.29, 0.717) is 5.69 Å². The molecule has 3 aromatic rings. The van der Waals surface area contributed by atoms with Crippen molar-refractivity contribution in [3.63, 3.8) is 0 Å². The van der Waals surface area contributed by atoms with Crippen LogP contribution in [0.15, 0.2) is 48.5 Å². The highest BCUT2D eigenvalue weighted by Gasteiger charge is 2.15. The Bertz CT molecular complexity index is 811. The van der Waals surface area contributed by atoms with E-state index in [2.05, 4.69) is 15.4 Å². The van der Waals surface area contributed by atoms with E-state index in [4.69, 9.17) is 5.73 Å². The molecule has 0 aliphatic carbocycles. The van der Waals surface area contributed by atoms with Gasteiger partial charge in [0.2, 0.25) is 0 Å². The number of nitrogens with zero attached hydrogens (tertiary/aromatic N) is 2. The predicted octanol–water partition coefficient (Wildman–Crippen LogP) is 1.94. The molecule has 1 aromatic heterocycles. The molecule has 1 amide bonds. The molecule has 0 atom stereocenters. The van der Waals surface area contributed by atoms with Crippen LogP contribution in [0.4, 0.5) is 0 Å². The lowest BCUT2D eigenvalue weighted by Crippen LogP contribution is -2.12. The zero-order valence-corrected chi connectivity index (χ0v) is 10.9. The second-order valence-corrected chi connectivity index (χ2v) is 4.52. The molecule has 6 heteroatoms. The zero-order valence-electron chi connectivity index (χ0n) is 10.9. The molecule has 0 aliphatic rings. The fourth-order valence-electron chi connectivity index (χ4n) is 2.14. The molecular weight excluding hydrogens is 268 g/mol. The minimum absolute atomic E-state index is 0.100. The third-order valence-electron chi connectivity index (χ3n) is 3.10. The Hall–Kier alpha value is -3.15. The van der Waals surface area contributed by atoms with Gasteiger partial charge in [0, 0.05) is 5.56 Å². The Morgan fingerprint density at radius 1 is 1.00 bits per heavy atom. The first-order chi connectivity index (χ1) is 10.1. The van der Waals surface area contributed by atoms with E-state index >= 15 is 0 Å². The van der Waals surface area contributed by atoms with Gasteiger partial charge in [-0.1, -0.05) is 30.3 Å². The molecule has 0 unspecified atom stereocenters. The number of phenolic OH excluding ortho intramolecular Hbond substituents is 1. The van der Waals surface area contributed by atoms with Crippen LogP contribution in [-0.2, 0) is 0 Å². The number of hydrogen-bond acceptors (Lipinski definition) is 4. The fraction of sp³-hybridized carbons (Fsp3) is 0. The molecule has 0 spiro atoms. The Balaban J connectivity index is 2.08. The molecule has 0 aliphatic heterocycles. The van der Waals surface area contributed by atoms with Crippen LogP contribution < -0.4 is 5.73 Å². The molecule has 0 saturated heterocycles. The van der Waals surface area contributed by atoms with Crippen molar-refractivity contribution < 1.29 is 9.90 Å². The van der Waals surface area contributed by atoms with E-state index < -0.39 is 5.91 Å². The van der Waals surface area contributed by atoms with Gasteiger partial charge in [0.05, 0.1) is 0 Å². The van der Waals surface area contributed by atoms with Gasteiger partial charge in [-0.2, -0.15) is 15.4 Å². The Kier molecular flexibility index (Phi) is 3.12. The average molecular weight is 280 g/mol. The van der Waals surface area contributed by atoms with Crippen LogP contribution in [0.1, 0.15) is 10.5 Å². The van der Waals surface area contributed by atoms with Crippen LogP contribution in [0, 0.1) is 0 Å². The predicted molar refractivity (Wildman–Crippen MR) is 77.4 cm³/mol. The highest BCUT2D eigenvalue weighted by atomic mass is 16.3. The van der Waals surface area contributed by atoms with Gasteiger partial charge in [-0.15, -0.1) is 0 Å². The largest absolute Gasteiger partial charge is 0.508 e. The van der Waals surface area contributed by atoms with Crippen molar-refractivity contribution in [3.8, 4) is 28.1 Å². The lowest BCUT2D eigenvalue weighted by atomic mass is 10.0. The molecule has 0 bridgehead atoms. The van der Waals surface area contributed by atoms with Crippen molar-refractivity contribution in [2.75, 3.05) is 0 Å². The van der Waals surface area contributed by atoms with E-state index in [9.17, 15) is 9.90 Å². The highest BCUT2D eigenvalue weighted by Crippen LogP contribution is 2.28. The van der Waals surface area contributed by atoms with Crippen LogP contribution >= 0.6 is 0 Å². The van der Waals surface area contributed by atoms with E-state index in [0.717, 1.165) is 16.7 Å². The second-order valence-electron chi connectivity index (χ2n) is 4.52. The molecule has 104 valence electrons. The molecule has 4 N–H and O–H groups in total. The lowest BCUT2D eigenvalue weighted by Gasteiger charge is -2.05. The quantitative estimate of drug-likeness (QED) is 0.681. The third kappa shape index (κ3) is 2.46. The van der Waals surface area contributed by atoms with Crippen molar-refractivity contribution in [2.24, 2.45) is 5.73 Å². The number of primary amides is 1. The zero-order chi connectivity index (χ0) is 14.8. The van der Waals surface area contributed by atoms with Gasteiger partial charge in [-0.05, 0) is 29.3 Å². The number of hydrogen-bond donors (Lipinski definition) is 3. The lowest BCUT2D eigenvalue weighted by molar-refractivity contribution is 0.0996. The normalized spacial score (nSPS) is 10.5. The average Bonchev–Trinajstić information content (AvgIpc) is 2.97. The van der Waals surface area contributed by atoms with Gasteiger partial charge in [0.25, 0.3) is 5.91 Å². The summed E-state index contributed by atoms with van der Waals surface area (Å²) in [6.45, 7) is 0. The maximum absolute atomic E-state index is 11.3. The van der Waals surface area contributed by atoms with E-state index in [1.807, 2.05) is 30.3 Å². The standard InChI is InChI=1S/C15H12N4O2/c16-15(21)14-13(17-19-18-14)11-5-1-3-9(7-11)10-4-2-6-12(20)8-10/h1-8,20H,(H2,16,21)(H,17,18,19). The summed E-state index contributed by atoms with van der Waals surface area (Å²) in [6.07, 6.45) is 0. The number of phenols is 1. The smallest absolute Gasteiger partial charge is 0.271 e. The van der Waals surface area contributed by atoms with E-state index in [-0.39, 0.29) is 11.4 Å². The number of nitrogens with one attached hydrogen (secondary N) is 1. The number of amides is 1. The van der Waals surface area contributed by atoms with Gasteiger partial charge < -0.3 is 10.8 Å². The van der Waals surface area contributed by atoms with Crippen LogP contribution in [0.3, 0.4) is 0 Å². The molecule has 0 radical (unpaired) electrons. The van der Waals surface area contributed by atoms with Gasteiger partial charge in [0.1, 0.15) is 11.4 Å². The number of aromatic amines is 1. The topological polar surface area (TPSA) is 105 Å². The maximum Gasteiger partial charge on any atom is 0.271 e. The summed E-state index contributed by atoms with van der Waals surface area (Å²) in [5.74, 6) is -0.446. The third-order valence-corrected chi connectivity index (χ3v) is 3.10. The first-order valence-corrected chi connectivity index (χ1v) is 6.25. The molecule has 6 nitrogen and oxygen atoms in total. The molecule has 0 fully saturated rings. The van der Waals surface area contributed by atoms with Crippen LogP contribution in [-0.4, -0.2) is 26.4 Å². The summed E-state index contributed by atoms with van der Waals surface area (Å²) >= 11 is 0. The Morgan fingerprint density at radius 3 is 2.38 bits per heavy atom. The van der Waals surface area contributed by atoms with E-state index in [1.165, 1.54) is 0 Å². The number of aromatic hydroxyl groups is 1. The van der Waals surface area contributed by atoms with Crippen molar-refractivity contribution in [2.45, 2.75) is 0 Å². The minimum Gasteiger partial charge on any atom is -0.508 e. The number of aromatic nitrogens is 3. The van der Waals surface area contributed by atoms with Crippen LogP contribution in [0.2, 0.25) is 0 Å².